The molecule has 128 valence electrons. The van der Waals surface area contributed by atoms with E-state index in [0.717, 1.165) is 51.2 Å². The molecular weight excluding hydrogens is 292 g/mol. The van der Waals surface area contributed by atoms with Crippen LogP contribution in [0.1, 0.15) is 36.2 Å². The normalized spacial score (nSPS) is 21.4. The number of amides is 1. The van der Waals surface area contributed by atoms with E-state index in [-0.39, 0.29) is 11.8 Å². The fourth-order valence-electron chi connectivity index (χ4n) is 3.75. The molecule has 6 heteroatoms. The summed E-state index contributed by atoms with van der Waals surface area (Å²) in [5.41, 5.74) is 3.69. The fraction of sp³-hybridized carbons (Fsp3) is 0.765. The van der Waals surface area contributed by atoms with E-state index < -0.39 is 0 Å². The van der Waals surface area contributed by atoms with E-state index in [1.165, 1.54) is 24.1 Å². The summed E-state index contributed by atoms with van der Waals surface area (Å²) in [4.78, 5) is 16.9. The van der Waals surface area contributed by atoms with Crippen LogP contribution in [-0.4, -0.2) is 66.3 Å². The van der Waals surface area contributed by atoms with Gasteiger partial charge in [0.2, 0.25) is 5.91 Å². The highest BCUT2D eigenvalue weighted by Gasteiger charge is 2.30. The second-order valence-electron chi connectivity index (χ2n) is 6.81. The van der Waals surface area contributed by atoms with Crippen molar-refractivity contribution in [3.05, 3.63) is 17.0 Å². The van der Waals surface area contributed by atoms with Crippen molar-refractivity contribution in [2.75, 3.05) is 40.4 Å². The second-order valence-corrected chi connectivity index (χ2v) is 6.81. The molecule has 2 heterocycles. The number of hydrogen-bond acceptors (Lipinski definition) is 4. The molecule has 3 rings (SSSR count). The van der Waals surface area contributed by atoms with Gasteiger partial charge in [-0.2, -0.15) is 5.10 Å². The minimum absolute atomic E-state index is 0.117. The zero-order valence-corrected chi connectivity index (χ0v) is 14.3. The monoisotopic (exact) mass is 320 g/mol. The van der Waals surface area contributed by atoms with E-state index in [4.69, 9.17) is 4.74 Å². The number of methoxy groups -OCH3 is 1. The fourth-order valence-corrected chi connectivity index (χ4v) is 3.75. The van der Waals surface area contributed by atoms with Crippen molar-refractivity contribution in [1.29, 1.82) is 0 Å². The lowest BCUT2D eigenvalue weighted by atomic mass is 9.96. The average molecular weight is 320 g/mol. The summed E-state index contributed by atoms with van der Waals surface area (Å²) < 4.78 is 5.12. The molecule has 1 atom stereocenters. The number of hydrogen-bond donors (Lipinski definition) is 1. The molecule has 1 aromatic rings. The first-order chi connectivity index (χ1) is 11.2. The largest absolute Gasteiger partial charge is 0.383 e. The number of nitrogens with one attached hydrogen (secondary N) is 1. The maximum atomic E-state index is 12.7. The van der Waals surface area contributed by atoms with Crippen molar-refractivity contribution >= 4 is 5.91 Å². The Bertz CT molecular complexity index is 543. The van der Waals surface area contributed by atoms with Crippen molar-refractivity contribution in [1.82, 2.24) is 20.0 Å². The molecule has 0 spiro atoms. The Labute approximate surface area is 138 Å². The topological polar surface area (TPSA) is 61.5 Å². The number of H-pyrrole nitrogens is 1. The van der Waals surface area contributed by atoms with Gasteiger partial charge in [-0.15, -0.1) is 0 Å². The molecule has 1 amide bonds. The zero-order chi connectivity index (χ0) is 16.2. The van der Waals surface area contributed by atoms with Crippen LogP contribution < -0.4 is 0 Å². The van der Waals surface area contributed by atoms with Crippen LogP contribution in [0.15, 0.2) is 0 Å². The predicted octanol–water partition coefficient (Wildman–Crippen LogP) is 1.22. The number of ether oxygens (including phenoxy) is 1. The standard InChI is InChI=1S/C17H28N4O2/c1-20(12-16-14-5-3-4-6-15(14)18-19-16)17(22)13-7-8-21(11-13)9-10-23-2/h13H,3-12H2,1-2H3,(H,18,19)/t13-/m1/s1. The number of fused-ring (bicyclic) bond motifs is 1. The van der Waals surface area contributed by atoms with Gasteiger partial charge in [-0.3, -0.25) is 9.89 Å². The van der Waals surface area contributed by atoms with Crippen LogP contribution in [0.5, 0.6) is 0 Å². The van der Waals surface area contributed by atoms with E-state index in [9.17, 15) is 4.79 Å². The Morgan fingerprint density at radius 3 is 3.09 bits per heavy atom. The maximum absolute atomic E-state index is 12.7. The highest BCUT2D eigenvalue weighted by molar-refractivity contribution is 5.79. The van der Waals surface area contributed by atoms with E-state index in [0.29, 0.717) is 6.54 Å². The summed E-state index contributed by atoms with van der Waals surface area (Å²) >= 11 is 0. The van der Waals surface area contributed by atoms with Gasteiger partial charge in [0.1, 0.15) is 0 Å². The molecular formula is C17H28N4O2. The molecule has 1 fully saturated rings. The lowest BCUT2D eigenvalue weighted by Crippen LogP contribution is -2.35. The van der Waals surface area contributed by atoms with Crippen molar-refractivity contribution in [3.63, 3.8) is 0 Å². The van der Waals surface area contributed by atoms with Crippen molar-refractivity contribution < 1.29 is 9.53 Å². The van der Waals surface area contributed by atoms with E-state index in [1.54, 1.807) is 7.11 Å². The van der Waals surface area contributed by atoms with Crippen LogP contribution in [0, 0.1) is 5.92 Å². The van der Waals surface area contributed by atoms with Gasteiger partial charge in [-0.05, 0) is 44.2 Å². The van der Waals surface area contributed by atoms with Gasteiger partial charge < -0.3 is 14.5 Å². The molecule has 0 bridgehead atoms. The molecule has 1 aliphatic heterocycles. The SMILES string of the molecule is COCCN1CC[C@@H](C(=O)N(C)Cc2n[nH]c3c2CCCC3)C1. The van der Waals surface area contributed by atoms with Crippen LogP contribution in [-0.2, 0) is 28.9 Å². The number of nitrogens with zero attached hydrogens (tertiary/aromatic N) is 3. The molecule has 1 aliphatic carbocycles. The third kappa shape index (κ3) is 3.75. The number of carbonyl (C=O) groups excluding carboxylic acids is 1. The van der Waals surface area contributed by atoms with Crippen molar-refractivity contribution in [3.8, 4) is 0 Å². The lowest BCUT2D eigenvalue weighted by molar-refractivity contribution is -0.134. The van der Waals surface area contributed by atoms with Crippen LogP contribution >= 0.6 is 0 Å². The Balaban J connectivity index is 1.55. The molecule has 0 aromatic carbocycles. The summed E-state index contributed by atoms with van der Waals surface area (Å²) in [6.07, 6.45) is 5.61. The Kier molecular flexibility index (Phi) is 5.33. The molecule has 2 aliphatic rings. The minimum atomic E-state index is 0.117. The maximum Gasteiger partial charge on any atom is 0.227 e. The van der Waals surface area contributed by atoms with Gasteiger partial charge in [0.15, 0.2) is 0 Å². The quantitative estimate of drug-likeness (QED) is 0.856. The highest BCUT2D eigenvalue weighted by Crippen LogP contribution is 2.24. The first kappa shape index (κ1) is 16.5. The van der Waals surface area contributed by atoms with Gasteiger partial charge in [-0.1, -0.05) is 0 Å². The van der Waals surface area contributed by atoms with Crippen LogP contribution in [0.3, 0.4) is 0 Å². The third-order valence-corrected chi connectivity index (χ3v) is 5.14. The molecule has 0 saturated carbocycles. The predicted molar refractivity (Wildman–Crippen MR) is 88.1 cm³/mol. The highest BCUT2D eigenvalue weighted by atomic mass is 16.5. The number of likely N-dealkylation sites (tertiary alicyclic amines) is 1. The summed E-state index contributed by atoms with van der Waals surface area (Å²) in [6.45, 7) is 4.11. The van der Waals surface area contributed by atoms with E-state index in [1.807, 2.05) is 11.9 Å². The lowest BCUT2D eigenvalue weighted by Gasteiger charge is -2.22. The molecule has 23 heavy (non-hydrogen) atoms. The smallest absolute Gasteiger partial charge is 0.227 e. The van der Waals surface area contributed by atoms with Gasteiger partial charge in [0.25, 0.3) is 0 Å². The molecule has 1 saturated heterocycles. The van der Waals surface area contributed by atoms with Crippen LogP contribution in [0.25, 0.3) is 0 Å². The zero-order valence-electron chi connectivity index (χ0n) is 14.3. The van der Waals surface area contributed by atoms with Gasteiger partial charge in [0.05, 0.1) is 24.8 Å². The molecule has 6 nitrogen and oxygen atoms in total. The summed E-state index contributed by atoms with van der Waals surface area (Å²) in [6, 6.07) is 0. The van der Waals surface area contributed by atoms with Crippen molar-refractivity contribution in [2.45, 2.75) is 38.6 Å². The van der Waals surface area contributed by atoms with Crippen LogP contribution in [0.4, 0.5) is 0 Å². The number of aromatic amines is 1. The summed E-state index contributed by atoms with van der Waals surface area (Å²) in [5.74, 6) is 0.365. The minimum Gasteiger partial charge on any atom is -0.383 e. The molecule has 1 aromatic heterocycles. The number of aryl methyl sites for hydroxylation is 1. The molecule has 0 radical (unpaired) electrons. The van der Waals surface area contributed by atoms with Crippen LogP contribution in [0.2, 0.25) is 0 Å². The summed E-state index contributed by atoms with van der Waals surface area (Å²) in [7, 11) is 3.63. The van der Waals surface area contributed by atoms with E-state index in [2.05, 4.69) is 15.1 Å². The Morgan fingerprint density at radius 1 is 1.43 bits per heavy atom. The molecule has 0 unspecified atom stereocenters. The number of carbonyl (C=O) groups is 1. The number of rotatable bonds is 6. The van der Waals surface area contributed by atoms with Gasteiger partial charge in [0, 0.05) is 32.9 Å². The third-order valence-electron chi connectivity index (χ3n) is 5.14. The van der Waals surface area contributed by atoms with Crippen molar-refractivity contribution in [2.24, 2.45) is 5.92 Å². The van der Waals surface area contributed by atoms with Gasteiger partial charge in [-0.25, -0.2) is 0 Å². The Morgan fingerprint density at radius 2 is 2.26 bits per heavy atom. The molecule has 1 N–H and O–H groups in total. The first-order valence-corrected chi connectivity index (χ1v) is 8.70. The Hall–Kier alpha value is -1.40. The second kappa shape index (κ2) is 7.45. The summed E-state index contributed by atoms with van der Waals surface area (Å²) in [5, 5.41) is 7.62. The first-order valence-electron chi connectivity index (χ1n) is 8.70. The van der Waals surface area contributed by atoms with E-state index >= 15 is 0 Å². The van der Waals surface area contributed by atoms with Gasteiger partial charge >= 0.3 is 0 Å². The average Bonchev–Trinajstić information content (AvgIpc) is 3.20. The number of aromatic nitrogens is 2.